The third-order valence-corrected chi connectivity index (χ3v) is 8.98. The van der Waals surface area contributed by atoms with Crippen molar-refractivity contribution in [2.45, 2.75) is 59.3 Å². The van der Waals surface area contributed by atoms with Crippen molar-refractivity contribution in [1.29, 1.82) is 0 Å². The highest BCUT2D eigenvalue weighted by Crippen LogP contribution is 2.67. The van der Waals surface area contributed by atoms with Crippen LogP contribution in [0.25, 0.3) is 5.57 Å². The summed E-state index contributed by atoms with van der Waals surface area (Å²) in [6.45, 7) is 7.43. The molecule has 0 saturated heterocycles. The van der Waals surface area contributed by atoms with Gasteiger partial charge in [-0.05, 0) is 96.3 Å². The predicted octanol–water partition coefficient (Wildman–Crippen LogP) is 6.11. The van der Waals surface area contributed by atoms with Gasteiger partial charge in [-0.3, -0.25) is 4.98 Å². The van der Waals surface area contributed by atoms with Gasteiger partial charge >= 0.3 is 0 Å². The molecule has 148 valence electrons. The van der Waals surface area contributed by atoms with E-state index in [1.807, 2.05) is 12.4 Å². The summed E-state index contributed by atoms with van der Waals surface area (Å²) in [4.78, 5) is 4.39. The van der Waals surface area contributed by atoms with E-state index in [0.717, 1.165) is 36.3 Å². The van der Waals surface area contributed by atoms with Crippen molar-refractivity contribution in [3.8, 4) is 0 Å². The number of hydrogen-bond donors (Lipinski definition) is 1. The third-order valence-electron chi connectivity index (χ3n) is 8.98. The van der Waals surface area contributed by atoms with Crippen LogP contribution < -0.4 is 0 Å². The first-order valence-corrected chi connectivity index (χ1v) is 11.0. The maximum absolute atomic E-state index is 9.31. The Kier molecular flexibility index (Phi) is 4.08. The number of rotatable bonds is 1. The molecule has 0 amide bonds. The Morgan fingerprint density at radius 3 is 2.79 bits per heavy atom. The van der Waals surface area contributed by atoms with Gasteiger partial charge in [0.05, 0.1) is 5.71 Å². The average Bonchev–Trinajstić information content (AvgIpc) is 3.06. The maximum atomic E-state index is 9.31. The monoisotopic (exact) mass is 376 g/mol. The fourth-order valence-electron chi connectivity index (χ4n) is 7.61. The number of aromatic nitrogens is 1. The topological polar surface area (TPSA) is 45.5 Å². The van der Waals surface area contributed by atoms with E-state index >= 15 is 0 Å². The predicted molar refractivity (Wildman–Crippen MR) is 113 cm³/mol. The zero-order chi connectivity index (χ0) is 19.5. The molecule has 0 radical (unpaired) electrons. The molecule has 28 heavy (non-hydrogen) atoms. The number of hydrogen-bond acceptors (Lipinski definition) is 3. The summed E-state index contributed by atoms with van der Waals surface area (Å²) in [7, 11) is 0. The first-order valence-electron chi connectivity index (χ1n) is 11.0. The Labute approximate surface area is 168 Å². The molecular weight excluding hydrogens is 344 g/mol. The van der Waals surface area contributed by atoms with Crippen molar-refractivity contribution in [1.82, 2.24) is 4.98 Å². The molecule has 1 heterocycles. The first-order chi connectivity index (χ1) is 13.5. The second-order valence-corrected chi connectivity index (χ2v) is 10.2. The van der Waals surface area contributed by atoms with Gasteiger partial charge in [-0.1, -0.05) is 43.6 Å². The van der Waals surface area contributed by atoms with E-state index in [1.165, 1.54) is 31.2 Å². The molecule has 1 aromatic rings. The molecule has 4 aliphatic carbocycles. The molecule has 4 unspecified atom stereocenters. The average molecular weight is 377 g/mol. The van der Waals surface area contributed by atoms with Crippen LogP contribution in [0.3, 0.4) is 0 Å². The zero-order valence-corrected chi connectivity index (χ0v) is 17.4. The summed E-state index contributed by atoms with van der Waals surface area (Å²) in [5, 5.41) is 12.9. The second-order valence-electron chi connectivity index (χ2n) is 10.2. The van der Waals surface area contributed by atoms with E-state index in [2.05, 4.69) is 55.2 Å². The molecular formula is C25H32N2O. The van der Waals surface area contributed by atoms with Crippen LogP contribution >= 0.6 is 0 Å². The molecule has 2 fully saturated rings. The Morgan fingerprint density at radius 2 is 2.04 bits per heavy atom. The molecule has 1 aromatic heterocycles. The molecule has 4 aliphatic rings. The SMILES string of the molecule is CC1CC2C(CC[C@]3(C)C(c4cccnc4)=CCC23)[C@@]2(C)CC/C(=N/O)C=C12. The van der Waals surface area contributed by atoms with Gasteiger partial charge in [-0.15, -0.1) is 0 Å². The highest BCUT2D eigenvalue weighted by molar-refractivity contribution is 5.96. The lowest BCUT2D eigenvalue weighted by Crippen LogP contribution is -2.51. The fraction of sp³-hybridized carbons (Fsp3) is 0.600. The maximum Gasteiger partial charge on any atom is 0.0795 e. The number of nitrogens with zero attached hydrogens (tertiary/aromatic N) is 2. The van der Waals surface area contributed by atoms with E-state index in [4.69, 9.17) is 0 Å². The smallest absolute Gasteiger partial charge is 0.0795 e. The van der Waals surface area contributed by atoms with Crippen molar-refractivity contribution in [3.63, 3.8) is 0 Å². The van der Waals surface area contributed by atoms with Crippen LogP contribution in [0, 0.1) is 34.5 Å². The molecule has 0 bridgehead atoms. The van der Waals surface area contributed by atoms with E-state index in [-0.39, 0.29) is 10.8 Å². The lowest BCUT2D eigenvalue weighted by molar-refractivity contribution is -0.0319. The standard InChI is InChI=1S/C25H32N2O/c1-16-13-19-21-7-6-20(17-5-4-12-26-15-17)24(21,2)11-9-22(19)25(3)10-8-18(27-28)14-23(16)25/h4-6,12,14-16,19,21-22,28H,7-11,13H2,1-3H3/b27-18-/t16?,19?,21?,22?,24-,25-/m1/s1. The number of allylic oxidation sites excluding steroid dienone is 4. The first kappa shape index (κ1) is 18.1. The quantitative estimate of drug-likeness (QED) is 0.474. The highest BCUT2D eigenvalue weighted by Gasteiger charge is 2.58. The number of pyridine rings is 1. The van der Waals surface area contributed by atoms with Crippen LogP contribution in [0.1, 0.15) is 64.9 Å². The fourth-order valence-corrected chi connectivity index (χ4v) is 7.61. The van der Waals surface area contributed by atoms with Crippen molar-refractivity contribution in [3.05, 3.63) is 47.8 Å². The summed E-state index contributed by atoms with van der Waals surface area (Å²) in [5.74, 6) is 2.87. The van der Waals surface area contributed by atoms with Gasteiger partial charge in [-0.2, -0.15) is 0 Å². The van der Waals surface area contributed by atoms with E-state index in [1.54, 1.807) is 11.1 Å². The van der Waals surface area contributed by atoms with Crippen molar-refractivity contribution in [2.75, 3.05) is 0 Å². The summed E-state index contributed by atoms with van der Waals surface area (Å²) in [5.41, 5.74) is 5.85. The summed E-state index contributed by atoms with van der Waals surface area (Å²) < 4.78 is 0. The molecule has 6 atom stereocenters. The van der Waals surface area contributed by atoms with Crippen LogP contribution in [-0.4, -0.2) is 15.9 Å². The van der Waals surface area contributed by atoms with Crippen LogP contribution in [0.5, 0.6) is 0 Å². The number of fused-ring (bicyclic) bond motifs is 5. The normalized spacial score (nSPS) is 43.6. The van der Waals surface area contributed by atoms with Crippen LogP contribution in [0.15, 0.2) is 47.4 Å². The molecule has 3 heteroatoms. The second kappa shape index (κ2) is 6.30. The van der Waals surface area contributed by atoms with Gasteiger partial charge in [0.2, 0.25) is 0 Å². The van der Waals surface area contributed by atoms with Gasteiger partial charge in [0, 0.05) is 12.4 Å². The Balaban J connectivity index is 1.50. The minimum absolute atomic E-state index is 0.273. The zero-order valence-electron chi connectivity index (χ0n) is 17.4. The Morgan fingerprint density at radius 1 is 1.18 bits per heavy atom. The lowest BCUT2D eigenvalue weighted by Gasteiger charge is -2.59. The van der Waals surface area contributed by atoms with Gasteiger partial charge in [0.1, 0.15) is 0 Å². The summed E-state index contributed by atoms with van der Waals surface area (Å²) in [6, 6.07) is 4.31. The Hall–Kier alpha value is -1.90. The molecule has 0 aromatic carbocycles. The van der Waals surface area contributed by atoms with Crippen LogP contribution in [-0.2, 0) is 0 Å². The summed E-state index contributed by atoms with van der Waals surface area (Å²) in [6.07, 6.45) is 15.8. The Bertz CT molecular complexity index is 870. The molecule has 3 nitrogen and oxygen atoms in total. The summed E-state index contributed by atoms with van der Waals surface area (Å²) >= 11 is 0. The van der Waals surface area contributed by atoms with Gasteiger partial charge in [0.25, 0.3) is 0 Å². The molecule has 1 N–H and O–H groups in total. The highest BCUT2D eigenvalue weighted by atomic mass is 16.4. The van der Waals surface area contributed by atoms with Crippen LogP contribution in [0.2, 0.25) is 0 Å². The number of oxime groups is 1. The van der Waals surface area contributed by atoms with Crippen LogP contribution in [0.4, 0.5) is 0 Å². The third kappa shape index (κ3) is 2.41. The van der Waals surface area contributed by atoms with E-state index in [9.17, 15) is 5.21 Å². The van der Waals surface area contributed by atoms with E-state index in [0.29, 0.717) is 5.92 Å². The van der Waals surface area contributed by atoms with Crippen molar-refractivity contribution >= 4 is 11.3 Å². The molecule has 2 saturated carbocycles. The lowest BCUT2D eigenvalue weighted by atomic mass is 9.45. The van der Waals surface area contributed by atoms with Gasteiger partial charge in [-0.25, -0.2) is 0 Å². The van der Waals surface area contributed by atoms with E-state index < -0.39 is 0 Å². The van der Waals surface area contributed by atoms with Crippen molar-refractivity contribution in [2.24, 2.45) is 39.7 Å². The molecule has 5 rings (SSSR count). The molecule has 0 aliphatic heterocycles. The largest absolute Gasteiger partial charge is 0.411 e. The van der Waals surface area contributed by atoms with Gasteiger partial charge < -0.3 is 5.21 Å². The minimum Gasteiger partial charge on any atom is -0.411 e. The minimum atomic E-state index is 0.273. The van der Waals surface area contributed by atoms with Crippen molar-refractivity contribution < 1.29 is 5.21 Å². The molecule has 0 spiro atoms. The van der Waals surface area contributed by atoms with Gasteiger partial charge in [0.15, 0.2) is 0 Å².